The van der Waals surface area contributed by atoms with Crippen molar-refractivity contribution < 1.29 is 14.6 Å². The predicted molar refractivity (Wildman–Crippen MR) is 88.8 cm³/mol. The number of hydrogen-bond acceptors (Lipinski definition) is 5. The highest BCUT2D eigenvalue weighted by atomic mass is 16.6. The first kappa shape index (κ1) is 17.3. The van der Waals surface area contributed by atoms with Gasteiger partial charge in [-0.05, 0) is 52.0 Å². The molecule has 0 aliphatic heterocycles. The Morgan fingerprint density at radius 2 is 1.92 bits per heavy atom. The van der Waals surface area contributed by atoms with E-state index in [-0.39, 0.29) is 28.0 Å². The number of aromatic nitrogens is 1. The van der Waals surface area contributed by atoms with Crippen molar-refractivity contribution in [2.24, 2.45) is 0 Å². The number of carbonyl (C=O) groups is 1. The van der Waals surface area contributed by atoms with Gasteiger partial charge < -0.3 is 14.8 Å². The Morgan fingerprint density at radius 1 is 1.25 bits per heavy atom. The number of H-pyrrole nitrogens is 1. The third-order valence-electron chi connectivity index (χ3n) is 3.20. The van der Waals surface area contributed by atoms with Crippen LogP contribution in [0.15, 0.2) is 29.1 Å². The third kappa shape index (κ3) is 3.63. The van der Waals surface area contributed by atoms with Crippen molar-refractivity contribution in [3.8, 4) is 22.9 Å². The van der Waals surface area contributed by atoms with E-state index in [1.54, 1.807) is 33.8 Å². The minimum absolute atomic E-state index is 0.128. The SMILES string of the molecule is Cc1cc(-c2cc(C(=O)OC(C)(C)C)ccc2O)c(C#N)c(=O)[nH]1. The van der Waals surface area contributed by atoms with Crippen molar-refractivity contribution >= 4 is 5.97 Å². The average Bonchev–Trinajstić information content (AvgIpc) is 2.45. The fraction of sp³-hybridized carbons (Fsp3) is 0.278. The summed E-state index contributed by atoms with van der Waals surface area (Å²) in [4.78, 5) is 26.7. The lowest BCUT2D eigenvalue weighted by molar-refractivity contribution is 0.00696. The number of benzene rings is 1. The minimum atomic E-state index is -0.659. The zero-order valence-corrected chi connectivity index (χ0v) is 13.9. The van der Waals surface area contributed by atoms with Crippen LogP contribution in [-0.4, -0.2) is 21.7 Å². The number of phenols is 1. The maximum absolute atomic E-state index is 12.2. The number of nitrogens with one attached hydrogen (secondary N) is 1. The second-order valence-corrected chi connectivity index (χ2v) is 6.42. The highest BCUT2D eigenvalue weighted by Crippen LogP contribution is 2.32. The summed E-state index contributed by atoms with van der Waals surface area (Å²) >= 11 is 0. The molecular formula is C18H18N2O4. The van der Waals surface area contributed by atoms with Crippen LogP contribution in [0.2, 0.25) is 0 Å². The summed E-state index contributed by atoms with van der Waals surface area (Å²) < 4.78 is 5.31. The molecular weight excluding hydrogens is 308 g/mol. The van der Waals surface area contributed by atoms with Crippen LogP contribution in [0, 0.1) is 18.3 Å². The Hall–Kier alpha value is -3.07. The smallest absolute Gasteiger partial charge is 0.338 e. The van der Waals surface area contributed by atoms with E-state index in [4.69, 9.17) is 4.74 Å². The Bertz CT molecular complexity index is 899. The number of nitrogens with zero attached hydrogens (tertiary/aromatic N) is 1. The fourth-order valence-corrected chi connectivity index (χ4v) is 2.23. The number of rotatable bonds is 2. The average molecular weight is 326 g/mol. The summed E-state index contributed by atoms with van der Waals surface area (Å²) in [6, 6.07) is 7.59. The molecule has 124 valence electrons. The van der Waals surface area contributed by atoms with Crippen LogP contribution >= 0.6 is 0 Å². The number of aryl methyl sites for hydroxylation is 1. The van der Waals surface area contributed by atoms with E-state index in [0.29, 0.717) is 5.69 Å². The summed E-state index contributed by atoms with van der Waals surface area (Å²) in [5, 5.41) is 19.4. The topological polar surface area (TPSA) is 103 Å². The van der Waals surface area contributed by atoms with Gasteiger partial charge in [0.2, 0.25) is 0 Å². The standard InChI is InChI=1S/C18H18N2O4/c1-10-7-12(14(9-19)16(22)20-10)13-8-11(5-6-15(13)21)17(23)24-18(2,3)4/h5-8,21H,1-4H3,(H,20,22). The van der Waals surface area contributed by atoms with E-state index >= 15 is 0 Å². The van der Waals surface area contributed by atoms with Crippen molar-refractivity contribution in [2.45, 2.75) is 33.3 Å². The number of esters is 1. The molecule has 2 N–H and O–H groups in total. The molecule has 0 saturated heterocycles. The van der Waals surface area contributed by atoms with Crippen LogP contribution in [0.4, 0.5) is 0 Å². The maximum atomic E-state index is 12.2. The highest BCUT2D eigenvalue weighted by molar-refractivity contribution is 5.92. The molecule has 0 spiro atoms. The Morgan fingerprint density at radius 3 is 2.50 bits per heavy atom. The van der Waals surface area contributed by atoms with Gasteiger partial charge in [-0.15, -0.1) is 0 Å². The van der Waals surface area contributed by atoms with Crippen LogP contribution in [0.25, 0.3) is 11.1 Å². The number of carbonyl (C=O) groups excluding carboxylic acids is 1. The van der Waals surface area contributed by atoms with E-state index in [2.05, 4.69) is 4.98 Å². The molecule has 2 rings (SSSR count). The van der Waals surface area contributed by atoms with Crippen LogP contribution in [0.3, 0.4) is 0 Å². The van der Waals surface area contributed by atoms with Crippen molar-refractivity contribution in [1.29, 1.82) is 5.26 Å². The van der Waals surface area contributed by atoms with Gasteiger partial charge in [-0.3, -0.25) is 4.79 Å². The van der Waals surface area contributed by atoms with Crippen molar-refractivity contribution in [2.75, 3.05) is 0 Å². The molecule has 1 aromatic heterocycles. The van der Waals surface area contributed by atoms with Crippen molar-refractivity contribution in [3.63, 3.8) is 0 Å². The highest BCUT2D eigenvalue weighted by Gasteiger charge is 2.20. The largest absolute Gasteiger partial charge is 0.507 e. The lowest BCUT2D eigenvalue weighted by Gasteiger charge is -2.19. The number of ether oxygens (including phenoxy) is 1. The lowest BCUT2D eigenvalue weighted by Crippen LogP contribution is -2.23. The van der Waals surface area contributed by atoms with Gasteiger partial charge in [-0.25, -0.2) is 4.79 Å². The van der Waals surface area contributed by atoms with Gasteiger partial charge in [0.05, 0.1) is 5.56 Å². The molecule has 6 nitrogen and oxygen atoms in total. The molecule has 1 aromatic carbocycles. The van der Waals surface area contributed by atoms with Crippen LogP contribution in [0.5, 0.6) is 5.75 Å². The monoisotopic (exact) mass is 326 g/mol. The Balaban J connectivity index is 2.61. The molecule has 0 unspecified atom stereocenters. The molecule has 0 aliphatic rings. The third-order valence-corrected chi connectivity index (χ3v) is 3.20. The predicted octanol–water partition coefficient (Wildman–Crippen LogP) is 2.88. The Labute approximate surface area is 139 Å². The molecule has 24 heavy (non-hydrogen) atoms. The second kappa shape index (κ2) is 6.20. The molecule has 0 aliphatic carbocycles. The molecule has 0 bridgehead atoms. The molecule has 0 radical (unpaired) electrons. The number of pyridine rings is 1. The van der Waals surface area contributed by atoms with Gasteiger partial charge in [0.1, 0.15) is 23.0 Å². The summed E-state index contributed by atoms with van der Waals surface area (Å²) in [7, 11) is 0. The molecule has 6 heteroatoms. The molecule has 0 fully saturated rings. The maximum Gasteiger partial charge on any atom is 0.338 e. The van der Waals surface area contributed by atoms with Crippen molar-refractivity contribution in [1.82, 2.24) is 4.98 Å². The molecule has 0 atom stereocenters. The van der Waals surface area contributed by atoms with E-state index < -0.39 is 17.1 Å². The first-order chi connectivity index (χ1) is 11.1. The van der Waals surface area contributed by atoms with Gasteiger partial charge in [-0.1, -0.05) is 0 Å². The zero-order valence-electron chi connectivity index (χ0n) is 13.9. The molecule has 0 saturated carbocycles. The zero-order chi connectivity index (χ0) is 18.1. The van der Waals surface area contributed by atoms with Gasteiger partial charge in [0, 0.05) is 16.8 Å². The van der Waals surface area contributed by atoms with E-state index in [1.807, 2.05) is 6.07 Å². The summed E-state index contributed by atoms with van der Waals surface area (Å²) in [5.74, 6) is -0.687. The first-order valence-electron chi connectivity index (χ1n) is 7.33. The van der Waals surface area contributed by atoms with E-state index in [9.17, 15) is 20.0 Å². The summed E-state index contributed by atoms with van der Waals surface area (Å²) in [6.07, 6.45) is 0. The van der Waals surface area contributed by atoms with Crippen LogP contribution < -0.4 is 5.56 Å². The lowest BCUT2D eigenvalue weighted by atomic mass is 9.98. The van der Waals surface area contributed by atoms with Gasteiger partial charge in [0.15, 0.2) is 0 Å². The normalized spacial score (nSPS) is 11.0. The Kier molecular flexibility index (Phi) is 4.47. The van der Waals surface area contributed by atoms with Gasteiger partial charge in [0.25, 0.3) is 5.56 Å². The van der Waals surface area contributed by atoms with Crippen LogP contribution in [0.1, 0.15) is 42.4 Å². The number of phenolic OH excluding ortho intramolecular Hbond substituents is 1. The summed E-state index contributed by atoms with van der Waals surface area (Å²) in [5.41, 5.74) is -0.0823. The molecule has 0 amide bonds. The minimum Gasteiger partial charge on any atom is -0.507 e. The van der Waals surface area contributed by atoms with Gasteiger partial charge in [-0.2, -0.15) is 5.26 Å². The number of aromatic hydroxyl groups is 1. The quantitative estimate of drug-likeness (QED) is 0.826. The van der Waals surface area contributed by atoms with Crippen LogP contribution in [-0.2, 0) is 4.74 Å². The molecule has 2 aromatic rings. The molecule has 1 heterocycles. The summed E-state index contributed by atoms with van der Waals surface area (Å²) in [6.45, 7) is 6.92. The van der Waals surface area contributed by atoms with E-state index in [0.717, 1.165) is 0 Å². The number of hydrogen-bond donors (Lipinski definition) is 2. The van der Waals surface area contributed by atoms with Gasteiger partial charge >= 0.3 is 5.97 Å². The van der Waals surface area contributed by atoms with E-state index in [1.165, 1.54) is 18.2 Å². The number of nitriles is 1. The fourth-order valence-electron chi connectivity index (χ4n) is 2.23. The second-order valence-electron chi connectivity index (χ2n) is 6.42. The number of aromatic amines is 1. The first-order valence-corrected chi connectivity index (χ1v) is 7.33. The van der Waals surface area contributed by atoms with Crippen molar-refractivity contribution in [3.05, 3.63) is 51.4 Å².